The zero-order chi connectivity index (χ0) is 10.1. The van der Waals surface area contributed by atoms with Crippen LogP contribution in [0.15, 0.2) is 18.2 Å². The quantitative estimate of drug-likeness (QED) is 0.784. The summed E-state index contributed by atoms with van der Waals surface area (Å²) in [5.74, 6) is 0.348. The summed E-state index contributed by atoms with van der Waals surface area (Å²) in [5, 5.41) is 9.17. The molecule has 0 heterocycles. The van der Waals surface area contributed by atoms with Gasteiger partial charge in [0.05, 0.1) is 6.10 Å². The van der Waals surface area contributed by atoms with Crippen LogP contribution in [0.4, 0.5) is 4.39 Å². The van der Waals surface area contributed by atoms with E-state index in [-0.39, 0.29) is 5.82 Å². The third kappa shape index (κ3) is 2.13. The van der Waals surface area contributed by atoms with E-state index in [1.54, 1.807) is 13.0 Å². The SMILES string of the molecule is CC(O)Cc1ccc(C2CC2)c(F)c1. The van der Waals surface area contributed by atoms with E-state index in [1.807, 2.05) is 12.1 Å². The molecule has 1 atom stereocenters. The lowest BCUT2D eigenvalue weighted by atomic mass is 10.0. The van der Waals surface area contributed by atoms with Crippen LogP contribution in [-0.2, 0) is 6.42 Å². The molecule has 76 valence electrons. The van der Waals surface area contributed by atoms with Crippen molar-refractivity contribution in [2.24, 2.45) is 0 Å². The summed E-state index contributed by atoms with van der Waals surface area (Å²) in [4.78, 5) is 0. The fourth-order valence-electron chi connectivity index (χ4n) is 1.76. The maximum absolute atomic E-state index is 13.5. The van der Waals surface area contributed by atoms with Crippen molar-refractivity contribution in [2.45, 2.75) is 38.2 Å². The molecule has 0 aliphatic heterocycles. The summed E-state index contributed by atoms with van der Waals surface area (Å²) < 4.78 is 13.5. The number of hydrogen-bond donors (Lipinski definition) is 1. The molecule has 0 radical (unpaired) electrons. The Labute approximate surface area is 83.6 Å². The van der Waals surface area contributed by atoms with Gasteiger partial charge in [-0.3, -0.25) is 0 Å². The molecule has 0 saturated heterocycles. The van der Waals surface area contributed by atoms with Gasteiger partial charge in [-0.1, -0.05) is 12.1 Å². The van der Waals surface area contributed by atoms with Crippen molar-refractivity contribution in [3.05, 3.63) is 35.1 Å². The molecular weight excluding hydrogens is 179 g/mol. The highest BCUT2D eigenvalue weighted by Crippen LogP contribution is 2.41. The summed E-state index contributed by atoms with van der Waals surface area (Å²) in [5.41, 5.74) is 1.72. The van der Waals surface area contributed by atoms with Crippen LogP contribution in [0.3, 0.4) is 0 Å². The van der Waals surface area contributed by atoms with Crippen LogP contribution in [0.2, 0.25) is 0 Å². The largest absolute Gasteiger partial charge is 0.393 e. The maximum atomic E-state index is 13.5. The highest BCUT2D eigenvalue weighted by atomic mass is 19.1. The topological polar surface area (TPSA) is 20.2 Å². The fourth-order valence-corrected chi connectivity index (χ4v) is 1.76. The van der Waals surface area contributed by atoms with Crippen LogP contribution >= 0.6 is 0 Å². The molecule has 0 bridgehead atoms. The predicted molar refractivity (Wildman–Crippen MR) is 53.8 cm³/mol. The van der Waals surface area contributed by atoms with E-state index in [0.29, 0.717) is 12.3 Å². The number of rotatable bonds is 3. The summed E-state index contributed by atoms with van der Waals surface area (Å²) in [6.07, 6.45) is 2.36. The zero-order valence-electron chi connectivity index (χ0n) is 8.33. The number of halogens is 1. The van der Waals surface area contributed by atoms with Crippen LogP contribution in [-0.4, -0.2) is 11.2 Å². The first-order chi connectivity index (χ1) is 6.66. The van der Waals surface area contributed by atoms with Gasteiger partial charge in [0.25, 0.3) is 0 Å². The van der Waals surface area contributed by atoms with Crippen LogP contribution in [0.5, 0.6) is 0 Å². The van der Waals surface area contributed by atoms with E-state index >= 15 is 0 Å². The monoisotopic (exact) mass is 194 g/mol. The highest BCUT2D eigenvalue weighted by molar-refractivity contribution is 5.30. The summed E-state index contributed by atoms with van der Waals surface area (Å²) in [6.45, 7) is 1.71. The van der Waals surface area contributed by atoms with Gasteiger partial charge in [0, 0.05) is 0 Å². The molecule has 1 aliphatic carbocycles. The van der Waals surface area contributed by atoms with Crippen molar-refractivity contribution < 1.29 is 9.50 Å². The Bertz CT molecular complexity index is 329. The average molecular weight is 194 g/mol. The van der Waals surface area contributed by atoms with E-state index < -0.39 is 6.10 Å². The Morgan fingerprint density at radius 3 is 2.71 bits per heavy atom. The van der Waals surface area contributed by atoms with E-state index in [9.17, 15) is 4.39 Å². The smallest absolute Gasteiger partial charge is 0.126 e. The Morgan fingerprint density at radius 2 is 2.21 bits per heavy atom. The lowest BCUT2D eigenvalue weighted by molar-refractivity contribution is 0.195. The van der Waals surface area contributed by atoms with Gasteiger partial charge >= 0.3 is 0 Å². The van der Waals surface area contributed by atoms with Crippen molar-refractivity contribution >= 4 is 0 Å². The first-order valence-corrected chi connectivity index (χ1v) is 5.13. The molecule has 14 heavy (non-hydrogen) atoms. The van der Waals surface area contributed by atoms with Gasteiger partial charge in [0.15, 0.2) is 0 Å². The first-order valence-electron chi connectivity index (χ1n) is 5.13. The number of benzene rings is 1. The van der Waals surface area contributed by atoms with Crippen molar-refractivity contribution in [3.8, 4) is 0 Å². The molecule has 1 unspecified atom stereocenters. The van der Waals surface area contributed by atoms with Gasteiger partial charge in [-0.25, -0.2) is 4.39 Å². The molecule has 1 aromatic rings. The van der Waals surface area contributed by atoms with Gasteiger partial charge in [0.1, 0.15) is 5.82 Å². The minimum absolute atomic E-state index is 0.106. The predicted octanol–water partition coefficient (Wildman–Crippen LogP) is 2.63. The fraction of sp³-hybridized carbons (Fsp3) is 0.500. The lowest BCUT2D eigenvalue weighted by Gasteiger charge is -2.06. The summed E-state index contributed by atoms with van der Waals surface area (Å²) in [7, 11) is 0. The lowest BCUT2D eigenvalue weighted by Crippen LogP contribution is -2.04. The van der Waals surface area contributed by atoms with Crippen molar-refractivity contribution in [3.63, 3.8) is 0 Å². The summed E-state index contributed by atoms with van der Waals surface area (Å²) >= 11 is 0. The molecule has 0 aromatic heterocycles. The van der Waals surface area contributed by atoms with E-state index in [0.717, 1.165) is 24.0 Å². The standard InChI is InChI=1S/C12H15FO/c1-8(14)6-9-2-5-11(10-3-4-10)12(13)7-9/h2,5,7-8,10,14H,3-4,6H2,1H3. The molecule has 0 spiro atoms. The van der Waals surface area contributed by atoms with Crippen LogP contribution in [0.1, 0.15) is 36.8 Å². The Morgan fingerprint density at radius 1 is 1.50 bits per heavy atom. The van der Waals surface area contributed by atoms with Gasteiger partial charge in [-0.2, -0.15) is 0 Å². The van der Waals surface area contributed by atoms with Gasteiger partial charge in [-0.05, 0) is 49.3 Å². The first kappa shape index (κ1) is 9.66. The van der Waals surface area contributed by atoms with E-state index in [1.165, 1.54) is 0 Å². The molecule has 0 amide bonds. The van der Waals surface area contributed by atoms with Crippen LogP contribution < -0.4 is 0 Å². The zero-order valence-corrected chi connectivity index (χ0v) is 8.33. The minimum atomic E-state index is -0.402. The van der Waals surface area contributed by atoms with Crippen LogP contribution in [0, 0.1) is 5.82 Å². The minimum Gasteiger partial charge on any atom is -0.393 e. The van der Waals surface area contributed by atoms with Crippen LogP contribution in [0.25, 0.3) is 0 Å². The molecule has 1 aliphatic rings. The molecule has 2 heteroatoms. The Balaban J connectivity index is 2.17. The molecular formula is C12H15FO. The maximum Gasteiger partial charge on any atom is 0.126 e. The number of aliphatic hydroxyl groups is 1. The molecule has 1 fully saturated rings. The van der Waals surface area contributed by atoms with Gasteiger partial charge < -0.3 is 5.11 Å². The second-order valence-corrected chi connectivity index (χ2v) is 4.18. The Kier molecular flexibility index (Phi) is 2.55. The third-order valence-corrected chi connectivity index (χ3v) is 2.61. The summed E-state index contributed by atoms with van der Waals surface area (Å²) in [6, 6.07) is 5.34. The van der Waals surface area contributed by atoms with Crippen molar-refractivity contribution in [1.82, 2.24) is 0 Å². The second-order valence-electron chi connectivity index (χ2n) is 4.18. The number of aliphatic hydroxyl groups excluding tert-OH is 1. The molecule has 1 aromatic carbocycles. The molecule has 2 rings (SSSR count). The van der Waals surface area contributed by atoms with Gasteiger partial charge in [-0.15, -0.1) is 0 Å². The van der Waals surface area contributed by atoms with E-state index in [2.05, 4.69) is 0 Å². The highest BCUT2D eigenvalue weighted by Gasteiger charge is 2.26. The molecule has 1 N–H and O–H groups in total. The van der Waals surface area contributed by atoms with Crippen molar-refractivity contribution in [2.75, 3.05) is 0 Å². The second kappa shape index (κ2) is 3.70. The third-order valence-electron chi connectivity index (χ3n) is 2.61. The van der Waals surface area contributed by atoms with Gasteiger partial charge in [0.2, 0.25) is 0 Å². The number of hydrogen-bond acceptors (Lipinski definition) is 1. The average Bonchev–Trinajstić information content (AvgIpc) is 2.86. The normalized spacial score (nSPS) is 18.2. The molecule has 1 nitrogen and oxygen atoms in total. The molecule has 1 saturated carbocycles. The van der Waals surface area contributed by atoms with Crippen molar-refractivity contribution in [1.29, 1.82) is 0 Å². The Hall–Kier alpha value is -0.890. The van der Waals surface area contributed by atoms with E-state index in [4.69, 9.17) is 5.11 Å².